The van der Waals surface area contributed by atoms with Crippen LogP contribution in [0.4, 0.5) is 0 Å². The van der Waals surface area contributed by atoms with Crippen LogP contribution in [0.25, 0.3) is 0 Å². The van der Waals surface area contributed by atoms with Crippen LogP contribution in [0.5, 0.6) is 0 Å². The molecule has 5 nitrogen and oxygen atoms in total. The maximum absolute atomic E-state index is 12.3. The topological polar surface area (TPSA) is 58.6 Å². The lowest BCUT2D eigenvalue weighted by Gasteiger charge is -2.32. The number of carbonyl (C=O) groups excluding carboxylic acids is 2. The summed E-state index contributed by atoms with van der Waals surface area (Å²) in [6, 6.07) is 8.16. The van der Waals surface area contributed by atoms with Gasteiger partial charge >= 0.3 is 0 Å². The summed E-state index contributed by atoms with van der Waals surface area (Å²) in [5.41, 5.74) is 2.32. The average molecular weight is 330 g/mol. The van der Waals surface area contributed by atoms with Gasteiger partial charge < -0.3 is 15.0 Å². The first kappa shape index (κ1) is 17.0. The number of nitrogens with one attached hydrogen (secondary N) is 1. The highest BCUT2D eigenvalue weighted by atomic mass is 16.5. The second kappa shape index (κ2) is 7.79. The lowest BCUT2D eigenvalue weighted by atomic mass is 9.95. The molecule has 1 N–H and O–H groups in total. The zero-order chi connectivity index (χ0) is 16.9. The molecular weight excluding hydrogens is 304 g/mol. The highest BCUT2D eigenvalue weighted by Crippen LogP contribution is 2.21. The zero-order valence-electron chi connectivity index (χ0n) is 14.3. The van der Waals surface area contributed by atoms with Gasteiger partial charge in [-0.25, -0.2) is 0 Å². The molecule has 3 rings (SSSR count). The summed E-state index contributed by atoms with van der Waals surface area (Å²) in [4.78, 5) is 26.5. The predicted molar refractivity (Wildman–Crippen MR) is 91.3 cm³/mol. The van der Waals surface area contributed by atoms with Gasteiger partial charge in [0.15, 0.2) is 0 Å². The zero-order valence-corrected chi connectivity index (χ0v) is 14.3. The van der Waals surface area contributed by atoms with Gasteiger partial charge in [-0.05, 0) is 38.2 Å². The van der Waals surface area contributed by atoms with Crippen LogP contribution < -0.4 is 5.32 Å². The molecule has 2 aliphatic heterocycles. The van der Waals surface area contributed by atoms with Crippen LogP contribution in [0.1, 0.15) is 36.8 Å². The lowest BCUT2D eigenvalue weighted by molar-refractivity contribution is -0.143. The Morgan fingerprint density at radius 1 is 1.25 bits per heavy atom. The van der Waals surface area contributed by atoms with Gasteiger partial charge in [0.2, 0.25) is 5.91 Å². The van der Waals surface area contributed by atoms with Gasteiger partial charge in [0.1, 0.15) is 6.10 Å². The van der Waals surface area contributed by atoms with E-state index in [1.54, 1.807) is 0 Å². The molecule has 2 fully saturated rings. The van der Waals surface area contributed by atoms with Crippen LogP contribution in [0.3, 0.4) is 0 Å². The Kier molecular flexibility index (Phi) is 5.51. The summed E-state index contributed by atoms with van der Waals surface area (Å²) >= 11 is 0. The van der Waals surface area contributed by atoms with Crippen LogP contribution in [0.2, 0.25) is 0 Å². The van der Waals surface area contributed by atoms with Gasteiger partial charge in [-0.3, -0.25) is 9.59 Å². The van der Waals surface area contributed by atoms with E-state index in [9.17, 15) is 9.59 Å². The number of aryl methyl sites for hydroxylation is 1. The summed E-state index contributed by atoms with van der Waals surface area (Å²) < 4.78 is 5.47. The molecule has 0 saturated carbocycles. The van der Waals surface area contributed by atoms with Crippen molar-refractivity contribution in [2.45, 2.75) is 45.3 Å². The number of amides is 2. The van der Waals surface area contributed by atoms with Crippen molar-refractivity contribution in [2.75, 3.05) is 19.7 Å². The van der Waals surface area contributed by atoms with Gasteiger partial charge in [-0.2, -0.15) is 0 Å². The molecule has 2 amide bonds. The molecule has 0 aliphatic carbocycles. The number of hydrogen-bond donors (Lipinski definition) is 1. The Labute approximate surface area is 143 Å². The number of benzene rings is 1. The molecule has 1 unspecified atom stereocenters. The molecule has 0 radical (unpaired) electrons. The lowest BCUT2D eigenvalue weighted by Crippen LogP contribution is -2.46. The Morgan fingerprint density at radius 3 is 2.71 bits per heavy atom. The maximum atomic E-state index is 12.3. The first-order chi connectivity index (χ1) is 11.6. The first-order valence-corrected chi connectivity index (χ1v) is 8.87. The fourth-order valence-corrected chi connectivity index (χ4v) is 3.49. The van der Waals surface area contributed by atoms with Gasteiger partial charge in [0.25, 0.3) is 5.91 Å². The van der Waals surface area contributed by atoms with Crippen molar-refractivity contribution in [1.29, 1.82) is 0 Å². The second-order valence-electron chi connectivity index (χ2n) is 6.81. The Hall–Kier alpha value is -1.88. The number of carbonyl (C=O) groups is 2. The minimum Gasteiger partial charge on any atom is -0.368 e. The van der Waals surface area contributed by atoms with Crippen LogP contribution in [0, 0.1) is 12.8 Å². The maximum Gasteiger partial charge on any atom is 0.251 e. The highest BCUT2D eigenvalue weighted by Gasteiger charge is 2.32. The van der Waals surface area contributed by atoms with Gasteiger partial charge in [0.05, 0.1) is 0 Å². The minimum absolute atomic E-state index is 0.00311. The Bertz CT molecular complexity index is 588. The van der Waals surface area contributed by atoms with E-state index in [1.165, 1.54) is 5.56 Å². The summed E-state index contributed by atoms with van der Waals surface area (Å²) in [7, 11) is 0. The quantitative estimate of drug-likeness (QED) is 0.919. The SMILES string of the molecule is Cc1cccc(CNC(=O)C2CCN(C(=O)C3CCCO3)CC2)c1. The number of rotatable bonds is 4. The van der Waals surface area contributed by atoms with Crippen molar-refractivity contribution in [2.24, 2.45) is 5.92 Å². The van der Waals surface area contributed by atoms with E-state index in [0.717, 1.165) is 31.2 Å². The third-order valence-electron chi connectivity index (χ3n) is 4.93. The summed E-state index contributed by atoms with van der Waals surface area (Å²) in [6.07, 6.45) is 3.01. The molecule has 5 heteroatoms. The van der Waals surface area contributed by atoms with Gasteiger partial charge in [-0.1, -0.05) is 29.8 Å². The predicted octanol–water partition coefficient (Wildman–Crippen LogP) is 2.03. The van der Waals surface area contributed by atoms with Crippen molar-refractivity contribution in [3.8, 4) is 0 Å². The molecule has 0 bridgehead atoms. The molecule has 2 aliphatic rings. The number of likely N-dealkylation sites (tertiary alicyclic amines) is 1. The Morgan fingerprint density at radius 2 is 2.04 bits per heavy atom. The largest absolute Gasteiger partial charge is 0.368 e. The highest BCUT2D eigenvalue weighted by molar-refractivity contribution is 5.82. The van der Waals surface area contributed by atoms with E-state index in [0.29, 0.717) is 26.2 Å². The van der Waals surface area contributed by atoms with Crippen LogP contribution in [0.15, 0.2) is 24.3 Å². The molecule has 1 aromatic rings. The van der Waals surface area contributed by atoms with Crippen molar-refractivity contribution >= 4 is 11.8 Å². The number of nitrogens with zero attached hydrogens (tertiary/aromatic N) is 1. The van der Waals surface area contributed by atoms with E-state index in [2.05, 4.69) is 11.4 Å². The smallest absolute Gasteiger partial charge is 0.251 e. The van der Waals surface area contributed by atoms with Crippen molar-refractivity contribution in [1.82, 2.24) is 10.2 Å². The van der Waals surface area contributed by atoms with Gasteiger partial charge in [0, 0.05) is 32.2 Å². The molecule has 24 heavy (non-hydrogen) atoms. The van der Waals surface area contributed by atoms with E-state index in [1.807, 2.05) is 30.0 Å². The van der Waals surface area contributed by atoms with Crippen molar-refractivity contribution in [3.05, 3.63) is 35.4 Å². The third kappa shape index (κ3) is 4.15. The van der Waals surface area contributed by atoms with Crippen molar-refractivity contribution < 1.29 is 14.3 Å². The Balaban J connectivity index is 1.44. The fourth-order valence-electron chi connectivity index (χ4n) is 3.49. The molecule has 1 aromatic carbocycles. The molecule has 0 spiro atoms. The fraction of sp³-hybridized carbons (Fsp3) is 0.579. The molecule has 2 heterocycles. The average Bonchev–Trinajstić information content (AvgIpc) is 3.14. The monoisotopic (exact) mass is 330 g/mol. The summed E-state index contributed by atoms with van der Waals surface area (Å²) in [6.45, 7) is 4.61. The molecular formula is C19H26N2O3. The number of ether oxygens (including phenoxy) is 1. The third-order valence-corrected chi connectivity index (χ3v) is 4.93. The van der Waals surface area contributed by atoms with E-state index in [4.69, 9.17) is 4.74 Å². The minimum atomic E-state index is -0.253. The molecule has 0 aromatic heterocycles. The van der Waals surface area contributed by atoms with Gasteiger partial charge in [-0.15, -0.1) is 0 Å². The van der Waals surface area contributed by atoms with E-state index >= 15 is 0 Å². The van der Waals surface area contributed by atoms with Crippen molar-refractivity contribution in [3.63, 3.8) is 0 Å². The standard InChI is InChI=1S/C19H26N2O3/c1-14-4-2-5-15(12-14)13-20-18(22)16-7-9-21(10-8-16)19(23)17-6-3-11-24-17/h2,4-5,12,16-17H,3,6-11,13H2,1H3,(H,20,22). The van der Waals surface area contributed by atoms with E-state index < -0.39 is 0 Å². The first-order valence-electron chi connectivity index (χ1n) is 8.87. The second-order valence-corrected chi connectivity index (χ2v) is 6.81. The van der Waals surface area contributed by atoms with E-state index in [-0.39, 0.29) is 23.8 Å². The summed E-state index contributed by atoms with van der Waals surface area (Å²) in [5.74, 6) is 0.204. The normalized spacial score (nSPS) is 21.7. The summed E-state index contributed by atoms with van der Waals surface area (Å²) in [5, 5.41) is 3.03. The van der Waals surface area contributed by atoms with Crippen LogP contribution in [-0.2, 0) is 20.9 Å². The number of piperidine rings is 1. The van der Waals surface area contributed by atoms with Crippen LogP contribution in [-0.4, -0.2) is 42.5 Å². The molecule has 1 atom stereocenters. The molecule has 130 valence electrons. The number of hydrogen-bond acceptors (Lipinski definition) is 3. The molecule has 2 saturated heterocycles. The van der Waals surface area contributed by atoms with Crippen LogP contribution >= 0.6 is 0 Å².